The van der Waals surface area contributed by atoms with E-state index in [0.717, 1.165) is 19.3 Å². The van der Waals surface area contributed by atoms with Crippen LogP contribution in [0.25, 0.3) is 0 Å². The highest BCUT2D eigenvalue weighted by Crippen LogP contribution is 2.64. The third-order valence-electron chi connectivity index (χ3n) is 7.86. The van der Waals surface area contributed by atoms with Crippen LogP contribution in [-0.2, 0) is 9.53 Å². The highest BCUT2D eigenvalue weighted by atomic mass is 19.1. The number of fused-ring (bicyclic) bond motifs is 5. The Morgan fingerprint density at radius 1 is 1.20 bits per heavy atom. The first kappa shape index (κ1) is 17.3. The summed E-state index contributed by atoms with van der Waals surface area (Å²) in [5, 5.41) is 9.98. The molecule has 4 aliphatic rings. The average molecular weight is 348 g/mol. The van der Waals surface area contributed by atoms with Gasteiger partial charge in [0.1, 0.15) is 12.3 Å². The van der Waals surface area contributed by atoms with Crippen molar-refractivity contribution >= 4 is 5.97 Å². The van der Waals surface area contributed by atoms with Gasteiger partial charge in [0.05, 0.1) is 6.10 Å². The largest absolute Gasteiger partial charge is 0.459 e. The lowest BCUT2D eigenvalue weighted by Crippen LogP contribution is -2.52. The van der Waals surface area contributed by atoms with Gasteiger partial charge in [0.25, 0.3) is 0 Å². The van der Waals surface area contributed by atoms with Crippen LogP contribution in [0.15, 0.2) is 24.3 Å². The Labute approximate surface area is 149 Å². The summed E-state index contributed by atoms with van der Waals surface area (Å²) >= 11 is 0. The molecule has 9 atom stereocenters. The SMILES string of the molecule is CC(=O)O[C@H]1[C@H](F)C[C@H]2[C@@H]3C=C[C@@H]4C[C@@H](O)C=C[C@]4(C)[C@H]3CC[C@@]21C. The maximum absolute atomic E-state index is 14.8. The molecular formula is C21H29FO3. The topological polar surface area (TPSA) is 46.5 Å². The third-order valence-corrected chi connectivity index (χ3v) is 7.86. The van der Waals surface area contributed by atoms with Crippen LogP contribution in [0, 0.1) is 34.5 Å². The number of ether oxygens (including phenoxy) is 1. The van der Waals surface area contributed by atoms with Crippen LogP contribution in [0.4, 0.5) is 4.39 Å². The molecule has 4 heteroatoms. The van der Waals surface area contributed by atoms with Crippen LogP contribution < -0.4 is 0 Å². The number of carbonyl (C=O) groups is 1. The second-order valence-corrected chi connectivity index (χ2v) is 9.14. The predicted octanol–water partition coefficient (Wildman–Crippen LogP) is 3.82. The van der Waals surface area contributed by atoms with Crippen molar-refractivity contribution < 1.29 is 19.0 Å². The number of halogens is 1. The Hall–Kier alpha value is -1.16. The molecule has 0 spiro atoms. The van der Waals surface area contributed by atoms with Crippen molar-refractivity contribution in [3.05, 3.63) is 24.3 Å². The zero-order valence-electron chi connectivity index (χ0n) is 15.3. The number of hydrogen-bond donors (Lipinski definition) is 1. The van der Waals surface area contributed by atoms with Crippen molar-refractivity contribution in [1.82, 2.24) is 0 Å². The van der Waals surface area contributed by atoms with E-state index in [1.54, 1.807) is 0 Å². The molecule has 0 aromatic carbocycles. The quantitative estimate of drug-likeness (QED) is 0.579. The number of hydrogen-bond acceptors (Lipinski definition) is 3. The molecule has 4 rings (SSSR count). The van der Waals surface area contributed by atoms with Gasteiger partial charge in [-0.1, -0.05) is 38.2 Å². The van der Waals surface area contributed by atoms with E-state index < -0.39 is 12.3 Å². The normalized spacial score (nSPS) is 53.7. The van der Waals surface area contributed by atoms with Gasteiger partial charge in [0.15, 0.2) is 0 Å². The standard InChI is InChI=1S/C21H29FO3/c1-12(23)25-19-18(22)11-17-15-5-4-13-10-14(24)6-8-20(13,2)16(15)7-9-21(17,19)3/h4-6,8,13-19,24H,7,9-11H2,1-3H3/t13-,14+,15-,16+,17+,18-,19+,20+,21+/m1/s1. The molecule has 0 aromatic rings. The molecule has 138 valence electrons. The minimum absolute atomic E-state index is 0.0330. The molecule has 0 bridgehead atoms. The number of alkyl halides is 1. The molecule has 0 aromatic heterocycles. The monoisotopic (exact) mass is 348 g/mol. The average Bonchev–Trinajstić information content (AvgIpc) is 2.79. The summed E-state index contributed by atoms with van der Waals surface area (Å²) in [6, 6.07) is 0. The van der Waals surface area contributed by atoms with Crippen molar-refractivity contribution in [1.29, 1.82) is 0 Å². The molecule has 2 fully saturated rings. The molecule has 0 aliphatic heterocycles. The molecule has 0 saturated heterocycles. The molecule has 0 radical (unpaired) electrons. The van der Waals surface area contributed by atoms with Gasteiger partial charge in [-0.15, -0.1) is 0 Å². The van der Waals surface area contributed by atoms with Crippen molar-refractivity contribution in [2.75, 3.05) is 0 Å². The zero-order valence-corrected chi connectivity index (χ0v) is 15.3. The van der Waals surface area contributed by atoms with Gasteiger partial charge in [-0.25, -0.2) is 4.39 Å². The Morgan fingerprint density at radius 3 is 2.68 bits per heavy atom. The smallest absolute Gasteiger partial charge is 0.303 e. The molecule has 2 saturated carbocycles. The van der Waals surface area contributed by atoms with E-state index in [1.165, 1.54) is 6.92 Å². The van der Waals surface area contributed by atoms with Gasteiger partial charge in [-0.05, 0) is 54.8 Å². The number of aliphatic hydroxyl groups is 1. The lowest BCUT2D eigenvalue weighted by atomic mass is 9.48. The van der Waals surface area contributed by atoms with Gasteiger partial charge in [0, 0.05) is 12.3 Å². The second-order valence-electron chi connectivity index (χ2n) is 9.14. The first-order valence-electron chi connectivity index (χ1n) is 9.63. The van der Waals surface area contributed by atoms with Crippen molar-refractivity contribution in [2.45, 2.75) is 64.8 Å². The highest BCUT2D eigenvalue weighted by Gasteiger charge is 2.62. The fourth-order valence-electron chi connectivity index (χ4n) is 6.49. The van der Waals surface area contributed by atoms with E-state index in [1.807, 2.05) is 6.08 Å². The molecule has 4 aliphatic carbocycles. The molecular weight excluding hydrogens is 319 g/mol. The van der Waals surface area contributed by atoms with Crippen LogP contribution in [-0.4, -0.2) is 29.5 Å². The number of aliphatic hydroxyl groups excluding tert-OH is 1. The van der Waals surface area contributed by atoms with Crippen LogP contribution in [0.2, 0.25) is 0 Å². The van der Waals surface area contributed by atoms with Crippen LogP contribution in [0.5, 0.6) is 0 Å². The third kappa shape index (κ3) is 2.43. The summed E-state index contributed by atoms with van der Waals surface area (Å²) in [5.74, 6) is 0.961. The summed E-state index contributed by atoms with van der Waals surface area (Å²) in [6.07, 6.45) is 9.81. The first-order chi connectivity index (χ1) is 11.8. The van der Waals surface area contributed by atoms with Gasteiger partial charge >= 0.3 is 5.97 Å². The Balaban J connectivity index is 1.67. The fraction of sp³-hybridized carbons (Fsp3) is 0.762. The lowest BCUT2D eigenvalue weighted by Gasteiger charge is -2.56. The van der Waals surface area contributed by atoms with Gasteiger partial charge in [-0.3, -0.25) is 4.79 Å². The fourth-order valence-corrected chi connectivity index (χ4v) is 6.49. The summed E-state index contributed by atoms with van der Waals surface area (Å²) in [7, 11) is 0. The van der Waals surface area contributed by atoms with E-state index >= 15 is 0 Å². The molecule has 1 N–H and O–H groups in total. The van der Waals surface area contributed by atoms with Crippen LogP contribution in [0.3, 0.4) is 0 Å². The van der Waals surface area contributed by atoms with Crippen LogP contribution in [0.1, 0.15) is 46.5 Å². The second kappa shape index (κ2) is 5.67. The lowest BCUT2D eigenvalue weighted by molar-refractivity contribution is -0.159. The maximum atomic E-state index is 14.8. The number of rotatable bonds is 1. The first-order valence-corrected chi connectivity index (χ1v) is 9.63. The van der Waals surface area contributed by atoms with E-state index in [4.69, 9.17) is 4.74 Å². The Kier molecular flexibility index (Phi) is 3.91. The number of esters is 1. The molecule has 0 unspecified atom stereocenters. The summed E-state index contributed by atoms with van der Waals surface area (Å²) < 4.78 is 20.2. The van der Waals surface area contributed by atoms with Gasteiger partial charge in [-0.2, -0.15) is 0 Å². The summed E-state index contributed by atoms with van der Waals surface area (Å²) in [4.78, 5) is 11.5. The van der Waals surface area contributed by atoms with E-state index in [0.29, 0.717) is 24.2 Å². The summed E-state index contributed by atoms with van der Waals surface area (Å²) in [5.41, 5.74) is -0.247. The van der Waals surface area contributed by atoms with E-state index in [-0.39, 0.29) is 28.8 Å². The Bertz CT molecular complexity index is 629. The van der Waals surface area contributed by atoms with Crippen molar-refractivity contribution in [3.63, 3.8) is 0 Å². The van der Waals surface area contributed by atoms with Crippen molar-refractivity contribution in [3.8, 4) is 0 Å². The van der Waals surface area contributed by atoms with Gasteiger partial charge in [0.2, 0.25) is 0 Å². The predicted molar refractivity (Wildman–Crippen MR) is 93.4 cm³/mol. The minimum atomic E-state index is -1.07. The van der Waals surface area contributed by atoms with Crippen LogP contribution >= 0.6 is 0 Å². The number of carbonyl (C=O) groups excluding carboxylic acids is 1. The molecule has 0 heterocycles. The van der Waals surface area contributed by atoms with E-state index in [9.17, 15) is 14.3 Å². The van der Waals surface area contributed by atoms with Gasteiger partial charge < -0.3 is 9.84 Å². The maximum Gasteiger partial charge on any atom is 0.303 e. The van der Waals surface area contributed by atoms with E-state index in [2.05, 4.69) is 32.1 Å². The molecule has 25 heavy (non-hydrogen) atoms. The highest BCUT2D eigenvalue weighted by molar-refractivity contribution is 5.66. The molecule has 0 amide bonds. The summed E-state index contributed by atoms with van der Waals surface area (Å²) in [6.45, 7) is 5.79. The zero-order chi connectivity index (χ0) is 18.0. The van der Waals surface area contributed by atoms with Crippen molar-refractivity contribution in [2.24, 2.45) is 34.5 Å². The molecule has 3 nitrogen and oxygen atoms in total. The Morgan fingerprint density at radius 2 is 1.96 bits per heavy atom. The minimum Gasteiger partial charge on any atom is -0.459 e. The number of allylic oxidation sites excluding steroid dienone is 3.